The largest absolute Gasteiger partial charge is 0.354 e. The quantitative estimate of drug-likeness (QED) is 0.803. The van der Waals surface area contributed by atoms with Crippen LogP contribution in [0.5, 0.6) is 0 Å². The van der Waals surface area contributed by atoms with E-state index in [-0.39, 0.29) is 24.8 Å². The van der Waals surface area contributed by atoms with Crippen molar-refractivity contribution in [3.8, 4) is 0 Å². The number of rotatable bonds is 5. The Kier molecular flexibility index (Phi) is 5.65. The SMILES string of the molecule is Cc1ccccc1NC(=O)CCNC(=O)[C@H](C)Cl. The maximum atomic E-state index is 11.6. The summed E-state index contributed by atoms with van der Waals surface area (Å²) < 4.78 is 0. The Morgan fingerprint density at radius 1 is 1.33 bits per heavy atom. The molecule has 0 spiro atoms. The lowest BCUT2D eigenvalue weighted by atomic mass is 10.2. The molecular formula is C13H17ClN2O2. The van der Waals surface area contributed by atoms with Crippen LogP contribution in [0.4, 0.5) is 5.69 Å². The predicted molar refractivity (Wildman–Crippen MR) is 72.8 cm³/mol. The highest BCUT2D eigenvalue weighted by Gasteiger charge is 2.09. The van der Waals surface area contributed by atoms with E-state index in [1.807, 2.05) is 31.2 Å². The standard InChI is InChI=1S/C13H17ClN2O2/c1-9-5-3-4-6-11(9)16-12(17)7-8-15-13(18)10(2)14/h3-6,10H,7-8H2,1-2H3,(H,15,18)(H,16,17)/t10-/m0/s1. The first-order chi connectivity index (χ1) is 8.50. The molecule has 5 heteroatoms. The number of para-hydroxylation sites is 1. The van der Waals surface area contributed by atoms with E-state index in [9.17, 15) is 9.59 Å². The summed E-state index contributed by atoms with van der Waals surface area (Å²) in [5.41, 5.74) is 1.80. The second-order valence-electron chi connectivity index (χ2n) is 4.02. The fourth-order valence-electron chi connectivity index (χ4n) is 1.37. The monoisotopic (exact) mass is 268 g/mol. The van der Waals surface area contributed by atoms with Crippen molar-refractivity contribution in [3.05, 3.63) is 29.8 Å². The van der Waals surface area contributed by atoms with Gasteiger partial charge in [0, 0.05) is 18.7 Å². The molecule has 98 valence electrons. The number of hydrogen-bond donors (Lipinski definition) is 2. The zero-order valence-electron chi connectivity index (χ0n) is 10.5. The second-order valence-corrected chi connectivity index (χ2v) is 4.67. The molecule has 0 saturated heterocycles. The molecule has 0 aliphatic carbocycles. The number of hydrogen-bond acceptors (Lipinski definition) is 2. The van der Waals surface area contributed by atoms with Crippen LogP contribution < -0.4 is 10.6 Å². The summed E-state index contributed by atoms with van der Waals surface area (Å²) in [5, 5.41) is 4.79. The minimum Gasteiger partial charge on any atom is -0.354 e. The minimum atomic E-state index is -0.579. The molecule has 0 fully saturated rings. The molecule has 0 saturated carbocycles. The first kappa shape index (κ1) is 14.5. The van der Waals surface area contributed by atoms with Crippen molar-refractivity contribution < 1.29 is 9.59 Å². The highest BCUT2D eigenvalue weighted by atomic mass is 35.5. The third-order valence-corrected chi connectivity index (χ3v) is 2.63. The molecular weight excluding hydrogens is 252 g/mol. The van der Waals surface area contributed by atoms with Crippen LogP contribution in [-0.2, 0) is 9.59 Å². The molecule has 2 N–H and O–H groups in total. The number of alkyl halides is 1. The first-order valence-corrected chi connectivity index (χ1v) is 6.21. The Morgan fingerprint density at radius 3 is 2.61 bits per heavy atom. The van der Waals surface area contributed by atoms with Crippen LogP contribution in [0.1, 0.15) is 18.9 Å². The smallest absolute Gasteiger partial charge is 0.237 e. The number of amides is 2. The molecule has 18 heavy (non-hydrogen) atoms. The van der Waals surface area contributed by atoms with Gasteiger partial charge in [-0.05, 0) is 25.5 Å². The van der Waals surface area contributed by atoms with Gasteiger partial charge < -0.3 is 10.6 Å². The molecule has 0 aliphatic rings. The normalized spacial score (nSPS) is 11.7. The van der Waals surface area contributed by atoms with Gasteiger partial charge in [-0.15, -0.1) is 11.6 Å². The van der Waals surface area contributed by atoms with Gasteiger partial charge in [0.1, 0.15) is 5.38 Å². The summed E-state index contributed by atoms with van der Waals surface area (Å²) in [5.74, 6) is -0.396. The number of nitrogens with one attached hydrogen (secondary N) is 2. The molecule has 1 rings (SSSR count). The maximum Gasteiger partial charge on any atom is 0.237 e. The van der Waals surface area contributed by atoms with Gasteiger partial charge in [-0.3, -0.25) is 9.59 Å². The van der Waals surface area contributed by atoms with Crippen molar-refractivity contribution in [2.45, 2.75) is 25.6 Å². The predicted octanol–water partition coefficient (Wildman–Crippen LogP) is 2.07. The molecule has 1 atom stereocenters. The molecule has 1 aromatic rings. The minimum absolute atomic E-state index is 0.133. The fraction of sp³-hybridized carbons (Fsp3) is 0.385. The van der Waals surface area contributed by atoms with Crippen LogP contribution in [0.25, 0.3) is 0 Å². The van der Waals surface area contributed by atoms with E-state index in [1.54, 1.807) is 6.92 Å². The molecule has 0 aliphatic heterocycles. The fourth-order valence-corrected chi connectivity index (χ4v) is 1.44. The number of anilines is 1. The summed E-state index contributed by atoms with van der Waals surface area (Å²) in [4.78, 5) is 22.8. The van der Waals surface area contributed by atoms with Gasteiger partial charge in [0.15, 0.2) is 0 Å². The lowest BCUT2D eigenvalue weighted by Crippen LogP contribution is -2.32. The molecule has 0 bridgehead atoms. The van der Waals surface area contributed by atoms with E-state index in [0.29, 0.717) is 0 Å². The summed E-state index contributed by atoms with van der Waals surface area (Å²) in [7, 11) is 0. The van der Waals surface area contributed by atoms with Crippen LogP contribution in [0, 0.1) is 6.92 Å². The van der Waals surface area contributed by atoms with Crippen LogP contribution >= 0.6 is 11.6 Å². The average molecular weight is 269 g/mol. The Labute approximate surface area is 112 Å². The van der Waals surface area contributed by atoms with Crippen molar-refractivity contribution in [3.63, 3.8) is 0 Å². The van der Waals surface area contributed by atoms with Crippen molar-refractivity contribution in [1.29, 1.82) is 0 Å². The first-order valence-electron chi connectivity index (χ1n) is 5.78. The molecule has 0 aromatic heterocycles. The Morgan fingerprint density at radius 2 is 2.00 bits per heavy atom. The van der Waals surface area contributed by atoms with Crippen molar-refractivity contribution in [2.24, 2.45) is 0 Å². The van der Waals surface area contributed by atoms with E-state index < -0.39 is 5.38 Å². The van der Waals surface area contributed by atoms with E-state index >= 15 is 0 Å². The highest BCUT2D eigenvalue weighted by Crippen LogP contribution is 2.12. The van der Waals surface area contributed by atoms with Crippen molar-refractivity contribution in [2.75, 3.05) is 11.9 Å². The van der Waals surface area contributed by atoms with Crippen LogP contribution in [-0.4, -0.2) is 23.7 Å². The van der Waals surface area contributed by atoms with Gasteiger partial charge in [0.2, 0.25) is 11.8 Å². The van der Waals surface area contributed by atoms with Gasteiger partial charge in [0.05, 0.1) is 0 Å². The molecule has 4 nitrogen and oxygen atoms in total. The Balaban J connectivity index is 2.35. The van der Waals surface area contributed by atoms with Gasteiger partial charge in [-0.1, -0.05) is 18.2 Å². The molecule has 0 unspecified atom stereocenters. The Hall–Kier alpha value is -1.55. The van der Waals surface area contributed by atoms with Crippen molar-refractivity contribution >= 4 is 29.1 Å². The molecule has 2 amide bonds. The lowest BCUT2D eigenvalue weighted by Gasteiger charge is -2.09. The van der Waals surface area contributed by atoms with Gasteiger partial charge in [-0.25, -0.2) is 0 Å². The number of carbonyl (C=O) groups excluding carboxylic acids is 2. The topological polar surface area (TPSA) is 58.2 Å². The summed E-state index contributed by atoms with van der Waals surface area (Å²) in [6.07, 6.45) is 0.226. The molecule has 1 aromatic carbocycles. The summed E-state index contributed by atoms with van der Waals surface area (Å²) in [6.45, 7) is 3.80. The zero-order chi connectivity index (χ0) is 13.5. The van der Waals surface area contributed by atoms with Crippen LogP contribution in [0.3, 0.4) is 0 Å². The second kappa shape index (κ2) is 7.01. The van der Waals surface area contributed by atoms with Crippen LogP contribution in [0.2, 0.25) is 0 Å². The number of aryl methyl sites for hydroxylation is 1. The Bertz CT molecular complexity index is 433. The number of benzene rings is 1. The maximum absolute atomic E-state index is 11.6. The van der Waals surface area contributed by atoms with E-state index in [0.717, 1.165) is 11.3 Å². The van der Waals surface area contributed by atoms with Crippen LogP contribution in [0.15, 0.2) is 24.3 Å². The average Bonchev–Trinajstić information content (AvgIpc) is 2.32. The number of carbonyl (C=O) groups is 2. The van der Waals surface area contributed by atoms with Gasteiger partial charge in [0.25, 0.3) is 0 Å². The van der Waals surface area contributed by atoms with Gasteiger partial charge >= 0.3 is 0 Å². The van der Waals surface area contributed by atoms with E-state index in [1.165, 1.54) is 0 Å². The zero-order valence-corrected chi connectivity index (χ0v) is 11.3. The van der Waals surface area contributed by atoms with Gasteiger partial charge in [-0.2, -0.15) is 0 Å². The third kappa shape index (κ3) is 4.75. The van der Waals surface area contributed by atoms with E-state index in [2.05, 4.69) is 10.6 Å². The highest BCUT2D eigenvalue weighted by molar-refractivity contribution is 6.30. The van der Waals surface area contributed by atoms with Crippen molar-refractivity contribution in [1.82, 2.24) is 5.32 Å². The summed E-state index contributed by atoms with van der Waals surface area (Å²) in [6, 6.07) is 7.53. The third-order valence-electron chi connectivity index (χ3n) is 2.43. The van der Waals surface area contributed by atoms with E-state index in [4.69, 9.17) is 11.6 Å². The summed E-state index contributed by atoms with van der Waals surface area (Å²) >= 11 is 5.58. The number of halogens is 1. The lowest BCUT2D eigenvalue weighted by molar-refractivity contribution is -0.120. The molecule has 0 heterocycles. The molecule has 0 radical (unpaired) electrons.